The largest absolute Gasteiger partial charge is 0.494 e. The highest BCUT2D eigenvalue weighted by Gasteiger charge is 2.45. The topological polar surface area (TPSA) is 32.7 Å². The maximum absolute atomic E-state index is 9.74. The summed E-state index contributed by atoms with van der Waals surface area (Å²) in [6, 6.07) is 8.46. The van der Waals surface area contributed by atoms with Crippen molar-refractivity contribution in [2.24, 2.45) is 17.8 Å². The van der Waals surface area contributed by atoms with Crippen LogP contribution in [0.1, 0.15) is 32.3 Å². The highest BCUT2D eigenvalue weighted by Crippen LogP contribution is 2.41. The molecule has 1 aromatic rings. The van der Waals surface area contributed by atoms with Crippen LogP contribution in [0.25, 0.3) is 0 Å². The molecule has 2 fully saturated rings. The molecule has 1 aliphatic carbocycles. The lowest BCUT2D eigenvalue weighted by atomic mass is 9.74. The number of nitrogens with zero attached hydrogens (tertiary/aromatic N) is 1. The smallest absolute Gasteiger partial charge is 0.119 e. The minimum absolute atomic E-state index is 0.0503. The Balaban J connectivity index is 1.51. The number of likely N-dealkylation sites (tertiary alicyclic amines) is 1. The lowest BCUT2D eigenvalue weighted by Crippen LogP contribution is -2.39. The molecule has 21 heavy (non-hydrogen) atoms. The van der Waals surface area contributed by atoms with E-state index in [4.69, 9.17) is 4.74 Å². The molecule has 1 aliphatic heterocycles. The average Bonchev–Trinajstić information content (AvgIpc) is 2.75. The van der Waals surface area contributed by atoms with E-state index in [9.17, 15) is 5.11 Å². The van der Waals surface area contributed by atoms with E-state index in [2.05, 4.69) is 36.9 Å². The molecule has 1 aromatic carbocycles. The molecule has 3 heteroatoms. The summed E-state index contributed by atoms with van der Waals surface area (Å²) in [5, 5.41) is 9.74. The van der Waals surface area contributed by atoms with Gasteiger partial charge in [-0.1, -0.05) is 26.0 Å². The summed E-state index contributed by atoms with van der Waals surface area (Å²) in [5.74, 6) is 2.91. The monoisotopic (exact) mass is 289 g/mol. The van der Waals surface area contributed by atoms with Crippen molar-refractivity contribution in [3.05, 3.63) is 29.8 Å². The van der Waals surface area contributed by atoms with Crippen LogP contribution in [0.5, 0.6) is 5.75 Å². The summed E-state index contributed by atoms with van der Waals surface area (Å²) in [5.41, 5.74) is 1.31. The third-order valence-corrected chi connectivity index (χ3v) is 4.87. The lowest BCUT2D eigenvalue weighted by molar-refractivity contribution is -0.00435. The summed E-state index contributed by atoms with van der Waals surface area (Å²) >= 11 is 0. The van der Waals surface area contributed by atoms with Gasteiger partial charge in [-0.15, -0.1) is 0 Å². The van der Waals surface area contributed by atoms with Crippen LogP contribution in [0.3, 0.4) is 0 Å². The zero-order chi connectivity index (χ0) is 14.8. The molecular formula is C18H27NO2. The van der Waals surface area contributed by atoms with E-state index in [1.54, 1.807) is 0 Å². The molecule has 2 aliphatic rings. The number of rotatable bonds is 6. The van der Waals surface area contributed by atoms with E-state index in [0.717, 1.165) is 50.8 Å². The lowest BCUT2D eigenvalue weighted by Gasteiger charge is -2.35. The van der Waals surface area contributed by atoms with Crippen molar-refractivity contribution in [1.29, 1.82) is 0 Å². The first kappa shape index (κ1) is 14.9. The Morgan fingerprint density at radius 2 is 2.19 bits per heavy atom. The molecule has 1 N–H and O–H groups in total. The average molecular weight is 289 g/mol. The second-order valence-corrected chi connectivity index (χ2v) is 7.10. The van der Waals surface area contributed by atoms with E-state index < -0.39 is 0 Å². The third-order valence-electron chi connectivity index (χ3n) is 4.87. The van der Waals surface area contributed by atoms with Gasteiger partial charge in [0.05, 0.1) is 12.7 Å². The molecule has 1 saturated carbocycles. The SMILES string of the molecule is CC(C)CCOc1cccc(CN2C[C@H]3C[C@@H](O)[C@H]3C2)c1. The van der Waals surface area contributed by atoms with Crippen LogP contribution < -0.4 is 4.74 Å². The van der Waals surface area contributed by atoms with Crippen LogP contribution in [0.15, 0.2) is 24.3 Å². The first-order valence-electron chi connectivity index (χ1n) is 8.24. The van der Waals surface area contributed by atoms with E-state index in [1.165, 1.54) is 5.56 Å². The van der Waals surface area contributed by atoms with E-state index >= 15 is 0 Å². The summed E-state index contributed by atoms with van der Waals surface area (Å²) in [6.45, 7) is 8.39. The second-order valence-electron chi connectivity index (χ2n) is 7.10. The Bertz CT molecular complexity index is 474. The Kier molecular flexibility index (Phi) is 4.51. The summed E-state index contributed by atoms with van der Waals surface area (Å²) in [6.07, 6.45) is 2.04. The van der Waals surface area contributed by atoms with Crippen LogP contribution in [0.4, 0.5) is 0 Å². The second kappa shape index (κ2) is 6.37. The first-order chi connectivity index (χ1) is 10.1. The van der Waals surface area contributed by atoms with Crippen molar-refractivity contribution >= 4 is 0 Å². The number of hydrogen-bond acceptors (Lipinski definition) is 3. The fraction of sp³-hybridized carbons (Fsp3) is 0.667. The van der Waals surface area contributed by atoms with Crippen LogP contribution in [-0.2, 0) is 6.54 Å². The standard InChI is InChI=1S/C18H27NO2/c1-13(2)6-7-21-16-5-3-4-14(8-16)10-19-11-15-9-18(20)17(15)12-19/h3-5,8,13,15,17-18,20H,6-7,9-12H2,1-2H3/t15-,17+,18-/m1/s1. The Hall–Kier alpha value is -1.06. The van der Waals surface area contributed by atoms with Gasteiger partial charge in [0.2, 0.25) is 0 Å². The molecule has 116 valence electrons. The zero-order valence-corrected chi connectivity index (χ0v) is 13.2. The molecular weight excluding hydrogens is 262 g/mol. The van der Waals surface area contributed by atoms with Crippen molar-refractivity contribution in [3.8, 4) is 5.75 Å². The minimum Gasteiger partial charge on any atom is -0.494 e. The Labute approximate surface area is 127 Å². The summed E-state index contributed by atoms with van der Waals surface area (Å²) in [7, 11) is 0. The molecule has 1 saturated heterocycles. The van der Waals surface area contributed by atoms with Gasteiger partial charge in [0.15, 0.2) is 0 Å². The molecule has 1 heterocycles. The number of aliphatic hydroxyl groups excluding tert-OH is 1. The van der Waals surface area contributed by atoms with Gasteiger partial charge in [-0.25, -0.2) is 0 Å². The highest BCUT2D eigenvalue weighted by atomic mass is 16.5. The van der Waals surface area contributed by atoms with Gasteiger partial charge in [-0.3, -0.25) is 4.90 Å². The van der Waals surface area contributed by atoms with Gasteiger partial charge in [-0.05, 0) is 42.4 Å². The Morgan fingerprint density at radius 1 is 1.33 bits per heavy atom. The van der Waals surface area contributed by atoms with Crippen molar-refractivity contribution in [1.82, 2.24) is 4.90 Å². The Morgan fingerprint density at radius 3 is 2.90 bits per heavy atom. The molecule has 3 atom stereocenters. The van der Waals surface area contributed by atoms with Crippen molar-refractivity contribution in [3.63, 3.8) is 0 Å². The van der Waals surface area contributed by atoms with Crippen molar-refractivity contribution < 1.29 is 9.84 Å². The number of fused-ring (bicyclic) bond motifs is 1. The molecule has 3 rings (SSSR count). The van der Waals surface area contributed by atoms with Crippen molar-refractivity contribution in [2.45, 2.75) is 39.3 Å². The molecule has 0 radical (unpaired) electrons. The van der Waals surface area contributed by atoms with Gasteiger partial charge in [0.25, 0.3) is 0 Å². The molecule has 3 nitrogen and oxygen atoms in total. The van der Waals surface area contributed by atoms with E-state index in [1.807, 2.05) is 6.07 Å². The van der Waals surface area contributed by atoms with Gasteiger partial charge in [0.1, 0.15) is 5.75 Å². The zero-order valence-electron chi connectivity index (χ0n) is 13.2. The normalized spacial score (nSPS) is 28.5. The quantitative estimate of drug-likeness (QED) is 0.874. The van der Waals surface area contributed by atoms with E-state index in [-0.39, 0.29) is 6.10 Å². The van der Waals surface area contributed by atoms with Gasteiger partial charge >= 0.3 is 0 Å². The predicted molar refractivity (Wildman–Crippen MR) is 84.3 cm³/mol. The fourth-order valence-electron chi connectivity index (χ4n) is 3.50. The van der Waals surface area contributed by atoms with Crippen LogP contribution >= 0.6 is 0 Å². The van der Waals surface area contributed by atoms with Gasteiger partial charge in [0, 0.05) is 25.6 Å². The molecule has 0 amide bonds. The molecule has 0 spiro atoms. The fourth-order valence-corrected chi connectivity index (χ4v) is 3.50. The number of hydrogen-bond donors (Lipinski definition) is 1. The number of benzene rings is 1. The predicted octanol–water partition coefficient (Wildman–Crippen LogP) is 2.92. The van der Waals surface area contributed by atoms with Gasteiger partial charge in [-0.2, -0.15) is 0 Å². The molecule has 0 bridgehead atoms. The van der Waals surface area contributed by atoms with Crippen molar-refractivity contribution in [2.75, 3.05) is 19.7 Å². The van der Waals surface area contributed by atoms with E-state index in [0.29, 0.717) is 11.8 Å². The minimum atomic E-state index is -0.0503. The number of ether oxygens (including phenoxy) is 1. The first-order valence-corrected chi connectivity index (χ1v) is 8.24. The maximum atomic E-state index is 9.74. The van der Waals surface area contributed by atoms with Crippen LogP contribution in [0.2, 0.25) is 0 Å². The van der Waals surface area contributed by atoms with Crippen LogP contribution in [0, 0.1) is 17.8 Å². The molecule has 0 aromatic heterocycles. The third kappa shape index (κ3) is 3.58. The number of aliphatic hydroxyl groups is 1. The summed E-state index contributed by atoms with van der Waals surface area (Å²) in [4.78, 5) is 2.47. The summed E-state index contributed by atoms with van der Waals surface area (Å²) < 4.78 is 5.84. The highest BCUT2D eigenvalue weighted by molar-refractivity contribution is 5.28. The van der Waals surface area contributed by atoms with Gasteiger partial charge < -0.3 is 9.84 Å². The maximum Gasteiger partial charge on any atom is 0.119 e. The molecule has 0 unspecified atom stereocenters. The van der Waals surface area contributed by atoms with Crippen LogP contribution in [-0.4, -0.2) is 35.8 Å².